The Morgan fingerprint density at radius 1 is 1.03 bits per heavy atom. The molecule has 1 heterocycles. The minimum absolute atomic E-state index is 0.0729. The SMILES string of the molecule is COC1(OC)C2=CC(=O)C=C(NC(=O)/C(C)=C/C=C\CC/C(C)=C\C(C)CCCC1C)C2=O. The van der Waals surface area contributed by atoms with Gasteiger partial charge in [0.05, 0.1) is 11.3 Å². The molecule has 180 valence electrons. The number of Topliss-reactive ketones (excluding diaryl/α,β-unsaturated/α-hetero) is 1. The molecule has 0 spiro atoms. The molecule has 0 aromatic rings. The van der Waals surface area contributed by atoms with Crippen molar-refractivity contribution in [3.05, 3.63) is 58.9 Å². The number of nitrogens with one attached hydrogen (secondary N) is 1. The molecule has 6 nitrogen and oxygen atoms in total. The normalized spacial score (nSPS) is 29.7. The predicted molar refractivity (Wildman–Crippen MR) is 129 cm³/mol. The Morgan fingerprint density at radius 3 is 2.39 bits per heavy atom. The summed E-state index contributed by atoms with van der Waals surface area (Å²) in [4.78, 5) is 38.4. The van der Waals surface area contributed by atoms with Crippen molar-refractivity contribution >= 4 is 17.5 Å². The Balaban J connectivity index is 2.44. The molecule has 1 aliphatic carbocycles. The Labute approximate surface area is 197 Å². The van der Waals surface area contributed by atoms with Gasteiger partial charge in [-0.1, -0.05) is 50.1 Å². The first-order chi connectivity index (χ1) is 15.6. The smallest absolute Gasteiger partial charge is 0.251 e. The van der Waals surface area contributed by atoms with Crippen LogP contribution in [0.3, 0.4) is 0 Å². The third-order valence-corrected chi connectivity index (χ3v) is 6.35. The molecule has 0 aromatic heterocycles. The molecule has 0 fully saturated rings. The van der Waals surface area contributed by atoms with Crippen molar-refractivity contribution in [1.82, 2.24) is 5.32 Å². The highest BCUT2D eigenvalue weighted by atomic mass is 16.7. The second-order valence-corrected chi connectivity index (χ2v) is 9.02. The van der Waals surface area contributed by atoms with E-state index < -0.39 is 23.3 Å². The molecule has 2 aliphatic rings. The van der Waals surface area contributed by atoms with Crippen LogP contribution in [0.2, 0.25) is 0 Å². The largest absolute Gasteiger partial charge is 0.349 e. The second kappa shape index (κ2) is 12.1. The molecule has 0 saturated heterocycles. The summed E-state index contributed by atoms with van der Waals surface area (Å²) in [5.41, 5.74) is 1.80. The zero-order valence-electron chi connectivity index (χ0n) is 20.7. The number of rotatable bonds is 2. The van der Waals surface area contributed by atoms with Gasteiger partial charge >= 0.3 is 0 Å². The van der Waals surface area contributed by atoms with Crippen LogP contribution in [0.5, 0.6) is 0 Å². The third kappa shape index (κ3) is 6.71. The van der Waals surface area contributed by atoms with Crippen LogP contribution >= 0.6 is 0 Å². The lowest BCUT2D eigenvalue weighted by atomic mass is 9.82. The van der Waals surface area contributed by atoms with E-state index >= 15 is 0 Å². The van der Waals surface area contributed by atoms with Gasteiger partial charge < -0.3 is 14.8 Å². The number of allylic oxidation sites excluding steroid dienone is 8. The fraction of sp³-hybridized carbons (Fsp3) is 0.519. The summed E-state index contributed by atoms with van der Waals surface area (Å²) < 4.78 is 11.5. The maximum atomic E-state index is 13.3. The van der Waals surface area contributed by atoms with E-state index in [1.807, 2.05) is 19.1 Å². The molecule has 2 bridgehead atoms. The lowest BCUT2D eigenvalue weighted by molar-refractivity contribution is -0.211. The highest BCUT2D eigenvalue weighted by Gasteiger charge is 2.45. The number of carbonyl (C=O) groups excluding carboxylic acids is 3. The van der Waals surface area contributed by atoms with Gasteiger partial charge in [0.25, 0.3) is 5.91 Å². The van der Waals surface area contributed by atoms with E-state index in [9.17, 15) is 14.4 Å². The van der Waals surface area contributed by atoms with Gasteiger partial charge in [-0.15, -0.1) is 0 Å². The van der Waals surface area contributed by atoms with Gasteiger partial charge in [-0.3, -0.25) is 14.4 Å². The maximum Gasteiger partial charge on any atom is 0.251 e. The lowest BCUT2D eigenvalue weighted by Crippen LogP contribution is -2.48. The number of hydrogen-bond acceptors (Lipinski definition) is 5. The zero-order valence-corrected chi connectivity index (χ0v) is 20.7. The Morgan fingerprint density at radius 2 is 1.73 bits per heavy atom. The van der Waals surface area contributed by atoms with Crippen molar-refractivity contribution in [2.24, 2.45) is 11.8 Å². The molecule has 2 atom stereocenters. The predicted octanol–water partition coefficient (Wildman–Crippen LogP) is 4.74. The quantitative estimate of drug-likeness (QED) is 0.370. The number of amides is 1. The zero-order chi connectivity index (χ0) is 24.6. The van der Waals surface area contributed by atoms with Gasteiger partial charge in [0.2, 0.25) is 11.6 Å². The first kappa shape index (κ1) is 26.7. The molecule has 1 N–H and O–H groups in total. The minimum atomic E-state index is -1.39. The van der Waals surface area contributed by atoms with Crippen molar-refractivity contribution in [3.8, 4) is 0 Å². The van der Waals surface area contributed by atoms with Gasteiger partial charge in [-0.2, -0.15) is 0 Å². The summed E-state index contributed by atoms with van der Waals surface area (Å²) in [6, 6.07) is 0. The topological polar surface area (TPSA) is 81.7 Å². The van der Waals surface area contributed by atoms with Crippen molar-refractivity contribution in [2.75, 3.05) is 14.2 Å². The fourth-order valence-electron chi connectivity index (χ4n) is 4.43. The van der Waals surface area contributed by atoms with E-state index in [2.05, 4.69) is 25.2 Å². The average Bonchev–Trinajstić information content (AvgIpc) is 2.76. The first-order valence-corrected chi connectivity index (χ1v) is 11.6. The lowest BCUT2D eigenvalue weighted by Gasteiger charge is -2.39. The fourth-order valence-corrected chi connectivity index (χ4v) is 4.43. The van der Waals surface area contributed by atoms with Crippen molar-refractivity contribution < 1.29 is 23.9 Å². The molecule has 33 heavy (non-hydrogen) atoms. The second-order valence-electron chi connectivity index (χ2n) is 9.02. The molecule has 6 heteroatoms. The molecule has 1 amide bonds. The van der Waals surface area contributed by atoms with E-state index in [0.29, 0.717) is 11.5 Å². The highest BCUT2D eigenvalue weighted by Crippen LogP contribution is 2.37. The van der Waals surface area contributed by atoms with Crippen LogP contribution in [0.15, 0.2) is 58.9 Å². The van der Waals surface area contributed by atoms with Crippen LogP contribution in [-0.2, 0) is 23.9 Å². The summed E-state index contributed by atoms with van der Waals surface area (Å²) in [6.45, 7) is 7.97. The molecule has 0 saturated carbocycles. The van der Waals surface area contributed by atoms with Crippen molar-refractivity contribution in [1.29, 1.82) is 0 Å². The van der Waals surface area contributed by atoms with Crippen LogP contribution in [-0.4, -0.2) is 37.5 Å². The van der Waals surface area contributed by atoms with Crippen LogP contribution in [0.25, 0.3) is 0 Å². The molecule has 2 rings (SSSR count). The number of carbonyl (C=O) groups is 3. The van der Waals surface area contributed by atoms with Crippen LogP contribution < -0.4 is 5.32 Å². The molecule has 2 unspecified atom stereocenters. The summed E-state index contributed by atoms with van der Waals surface area (Å²) in [5.74, 6) is -2.47. The van der Waals surface area contributed by atoms with Crippen molar-refractivity contribution in [2.45, 2.75) is 65.6 Å². The standard InChI is InChI=1S/C27H37NO5/c1-18-11-8-7-9-13-20(3)26(31)28-24-17-22(29)16-23(25(24)30)27(32-5,33-6)21(4)14-10-12-19(2)15-18/h7,9,13,15-17,19,21H,8,10-12,14H2,1-6H3,(H,28,31)/b9-7-,18-15-,20-13+. The molecule has 0 aromatic carbocycles. The number of ketones is 2. The van der Waals surface area contributed by atoms with Gasteiger partial charge in [0, 0.05) is 31.8 Å². The van der Waals surface area contributed by atoms with E-state index in [1.54, 1.807) is 13.0 Å². The van der Waals surface area contributed by atoms with Gasteiger partial charge in [-0.25, -0.2) is 0 Å². The first-order valence-electron chi connectivity index (χ1n) is 11.6. The summed E-state index contributed by atoms with van der Waals surface area (Å²) in [5, 5.41) is 2.59. The number of fused-ring (bicyclic) bond motifs is 2. The van der Waals surface area contributed by atoms with Crippen LogP contribution in [0.4, 0.5) is 0 Å². The third-order valence-electron chi connectivity index (χ3n) is 6.35. The van der Waals surface area contributed by atoms with Crippen LogP contribution in [0, 0.1) is 11.8 Å². The van der Waals surface area contributed by atoms with E-state index in [-0.39, 0.29) is 17.2 Å². The Bertz CT molecular complexity index is 915. The minimum Gasteiger partial charge on any atom is -0.349 e. The molecular weight excluding hydrogens is 418 g/mol. The Kier molecular flexibility index (Phi) is 9.74. The summed E-state index contributed by atoms with van der Waals surface area (Å²) >= 11 is 0. The van der Waals surface area contributed by atoms with Crippen LogP contribution in [0.1, 0.15) is 59.8 Å². The van der Waals surface area contributed by atoms with Gasteiger partial charge in [0.1, 0.15) is 0 Å². The number of ether oxygens (including phenoxy) is 2. The van der Waals surface area contributed by atoms with E-state index in [4.69, 9.17) is 9.47 Å². The monoisotopic (exact) mass is 455 g/mol. The van der Waals surface area contributed by atoms with E-state index in [1.165, 1.54) is 25.9 Å². The number of methoxy groups -OCH3 is 2. The highest BCUT2D eigenvalue weighted by molar-refractivity contribution is 6.22. The van der Waals surface area contributed by atoms with E-state index in [0.717, 1.165) is 38.2 Å². The molecule has 0 radical (unpaired) electrons. The van der Waals surface area contributed by atoms with Gasteiger partial charge in [0.15, 0.2) is 5.78 Å². The molecular formula is C27H37NO5. The summed E-state index contributed by atoms with van der Waals surface area (Å²) in [6.07, 6.45) is 14.8. The Hall–Kier alpha value is -2.57. The van der Waals surface area contributed by atoms with Gasteiger partial charge in [-0.05, 0) is 51.5 Å². The maximum absolute atomic E-state index is 13.3. The summed E-state index contributed by atoms with van der Waals surface area (Å²) in [7, 11) is 2.94. The van der Waals surface area contributed by atoms with Crippen molar-refractivity contribution in [3.63, 3.8) is 0 Å². The number of hydrogen-bond donors (Lipinski definition) is 1. The molecule has 1 aliphatic heterocycles. The average molecular weight is 456 g/mol.